The molecule has 0 aromatic carbocycles. The molecular weight excluding hydrogens is 280 g/mol. The fourth-order valence-electron chi connectivity index (χ4n) is 2.18. The van der Waals surface area contributed by atoms with Gasteiger partial charge in [-0.15, -0.1) is 0 Å². The minimum absolute atomic E-state index is 0.0280. The highest BCUT2D eigenvalue weighted by Crippen LogP contribution is 2.16. The second kappa shape index (κ2) is 7.82. The van der Waals surface area contributed by atoms with Gasteiger partial charge in [0.05, 0.1) is 13.2 Å². The number of amides is 2. The second-order valence-electron chi connectivity index (χ2n) is 5.23. The van der Waals surface area contributed by atoms with Crippen LogP contribution in [0.1, 0.15) is 26.2 Å². The number of aliphatic hydroxyl groups excluding tert-OH is 1. The first-order valence-electron chi connectivity index (χ1n) is 6.88. The van der Waals surface area contributed by atoms with E-state index >= 15 is 0 Å². The predicted molar refractivity (Wildman–Crippen MR) is 72.6 cm³/mol. The third-order valence-corrected chi connectivity index (χ3v) is 3.61. The molecule has 3 atom stereocenters. The van der Waals surface area contributed by atoms with E-state index < -0.39 is 30.1 Å². The Morgan fingerprint density at radius 1 is 1.43 bits per heavy atom. The van der Waals surface area contributed by atoms with Crippen LogP contribution in [0.15, 0.2) is 0 Å². The number of ether oxygens (including phenoxy) is 1. The molecule has 2 unspecified atom stereocenters. The maximum Gasteiger partial charge on any atom is 0.326 e. The number of esters is 1. The zero-order valence-corrected chi connectivity index (χ0v) is 12.2. The molecule has 0 aliphatic carbocycles. The molecule has 0 radical (unpaired) electrons. The highest BCUT2D eigenvalue weighted by Gasteiger charge is 2.29. The van der Waals surface area contributed by atoms with Gasteiger partial charge in [0.2, 0.25) is 0 Å². The van der Waals surface area contributed by atoms with Gasteiger partial charge >= 0.3 is 18.0 Å². The van der Waals surface area contributed by atoms with E-state index in [1.54, 1.807) is 0 Å². The number of piperidine rings is 1. The lowest BCUT2D eigenvalue weighted by Crippen LogP contribution is -2.52. The number of rotatable bonds is 5. The smallest absolute Gasteiger partial charge is 0.326 e. The van der Waals surface area contributed by atoms with Gasteiger partial charge in [-0.05, 0) is 18.8 Å². The van der Waals surface area contributed by atoms with Crippen molar-refractivity contribution in [1.29, 1.82) is 0 Å². The first kappa shape index (κ1) is 17.2. The molecule has 1 fully saturated rings. The van der Waals surface area contributed by atoms with Crippen LogP contribution in [0.4, 0.5) is 4.79 Å². The van der Waals surface area contributed by atoms with Gasteiger partial charge in [0.1, 0.15) is 6.04 Å². The first-order chi connectivity index (χ1) is 9.85. The quantitative estimate of drug-likeness (QED) is 0.606. The molecule has 0 aromatic rings. The van der Waals surface area contributed by atoms with Gasteiger partial charge in [-0.2, -0.15) is 0 Å². The molecule has 8 nitrogen and oxygen atoms in total. The number of carbonyl (C=O) groups excluding carboxylic acids is 2. The summed E-state index contributed by atoms with van der Waals surface area (Å²) in [4.78, 5) is 35.7. The average Bonchev–Trinajstić information content (AvgIpc) is 2.45. The molecule has 2 amide bonds. The SMILES string of the molecule is COC(=O)CC[C@@H](NC(=O)N1CCC(O)C(C)C1)C(=O)O. The Balaban J connectivity index is 2.52. The average molecular weight is 302 g/mol. The number of urea groups is 1. The summed E-state index contributed by atoms with van der Waals surface area (Å²) in [5.74, 6) is -1.77. The summed E-state index contributed by atoms with van der Waals surface area (Å²) < 4.78 is 4.44. The largest absolute Gasteiger partial charge is 0.480 e. The van der Waals surface area contributed by atoms with E-state index in [0.29, 0.717) is 19.5 Å². The van der Waals surface area contributed by atoms with E-state index in [4.69, 9.17) is 5.11 Å². The van der Waals surface area contributed by atoms with Crippen LogP contribution in [0.25, 0.3) is 0 Å². The molecule has 1 saturated heterocycles. The van der Waals surface area contributed by atoms with Gasteiger partial charge in [-0.3, -0.25) is 4.79 Å². The van der Waals surface area contributed by atoms with Crippen LogP contribution in [0.5, 0.6) is 0 Å². The van der Waals surface area contributed by atoms with Crippen molar-refractivity contribution in [3.8, 4) is 0 Å². The Labute approximate surface area is 123 Å². The molecule has 3 N–H and O–H groups in total. The molecule has 0 aromatic heterocycles. The summed E-state index contributed by atoms with van der Waals surface area (Å²) in [6.07, 6.45) is -0.0828. The number of aliphatic hydroxyl groups is 1. The molecule has 0 spiro atoms. The number of aliphatic carboxylic acids is 1. The number of nitrogens with zero attached hydrogens (tertiary/aromatic N) is 1. The lowest BCUT2D eigenvalue weighted by Gasteiger charge is -2.34. The molecule has 1 aliphatic heterocycles. The van der Waals surface area contributed by atoms with Crippen LogP contribution in [0.2, 0.25) is 0 Å². The van der Waals surface area contributed by atoms with E-state index in [2.05, 4.69) is 10.1 Å². The minimum Gasteiger partial charge on any atom is -0.480 e. The zero-order chi connectivity index (χ0) is 16.0. The molecule has 1 aliphatic rings. The maximum absolute atomic E-state index is 12.0. The molecule has 8 heteroatoms. The van der Waals surface area contributed by atoms with Gasteiger partial charge < -0.3 is 25.2 Å². The summed E-state index contributed by atoms with van der Waals surface area (Å²) in [5, 5.41) is 21.1. The molecule has 1 heterocycles. The number of likely N-dealkylation sites (tertiary alicyclic amines) is 1. The van der Waals surface area contributed by atoms with E-state index in [1.807, 2.05) is 6.92 Å². The van der Waals surface area contributed by atoms with Crippen molar-refractivity contribution < 1.29 is 29.3 Å². The van der Waals surface area contributed by atoms with Gasteiger partial charge in [-0.25, -0.2) is 9.59 Å². The monoisotopic (exact) mass is 302 g/mol. The van der Waals surface area contributed by atoms with Crippen LogP contribution in [-0.2, 0) is 14.3 Å². The number of nitrogens with one attached hydrogen (secondary N) is 1. The van der Waals surface area contributed by atoms with Crippen molar-refractivity contribution in [2.45, 2.75) is 38.3 Å². The van der Waals surface area contributed by atoms with Gasteiger partial charge in [0.15, 0.2) is 0 Å². The Bertz CT molecular complexity index is 400. The number of carboxylic acids is 1. The second-order valence-corrected chi connectivity index (χ2v) is 5.23. The van der Waals surface area contributed by atoms with Crippen molar-refractivity contribution in [2.75, 3.05) is 20.2 Å². The molecule has 1 rings (SSSR count). The normalized spacial score (nSPS) is 23.3. The lowest BCUT2D eigenvalue weighted by atomic mass is 9.97. The minimum atomic E-state index is -1.20. The Hall–Kier alpha value is -1.83. The predicted octanol–water partition coefficient (Wildman–Crippen LogP) is -0.195. The first-order valence-corrected chi connectivity index (χ1v) is 6.88. The number of carboxylic acid groups (broad SMARTS) is 1. The summed E-state index contributed by atoms with van der Waals surface area (Å²) in [7, 11) is 1.22. The molecule has 21 heavy (non-hydrogen) atoms. The van der Waals surface area contributed by atoms with E-state index in [-0.39, 0.29) is 18.8 Å². The highest BCUT2D eigenvalue weighted by atomic mass is 16.5. The van der Waals surface area contributed by atoms with Crippen LogP contribution >= 0.6 is 0 Å². The van der Waals surface area contributed by atoms with Crippen LogP contribution in [0.3, 0.4) is 0 Å². The molecular formula is C13H22N2O6. The summed E-state index contributed by atoms with van der Waals surface area (Å²) >= 11 is 0. The fraction of sp³-hybridized carbons (Fsp3) is 0.769. The van der Waals surface area contributed by atoms with Crippen molar-refractivity contribution in [3.05, 3.63) is 0 Å². The van der Waals surface area contributed by atoms with E-state index in [0.717, 1.165) is 0 Å². The number of methoxy groups -OCH3 is 1. The third kappa shape index (κ3) is 5.22. The Morgan fingerprint density at radius 2 is 2.10 bits per heavy atom. The van der Waals surface area contributed by atoms with Crippen molar-refractivity contribution in [2.24, 2.45) is 5.92 Å². The van der Waals surface area contributed by atoms with E-state index in [1.165, 1.54) is 12.0 Å². The summed E-state index contributed by atoms with van der Waals surface area (Å²) in [6.45, 7) is 2.58. The molecule has 0 saturated carbocycles. The third-order valence-electron chi connectivity index (χ3n) is 3.61. The fourth-order valence-corrected chi connectivity index (χ4v) is 2.18. The summed E-state index contributed by atoms with van der Waals surface area (Å²) in [6, 6.07) is -1.63. The van der Waals surface area contributed by atoms with E-state index in [9.17, 15) is 19.5 Å². The lowest BCUT2D eigenvalue weighted by molar-refractivity contribution is -0.142. The van der Waals surface area contributed by atoms with Crippen molar-refractivity contribution in [1.82, 2.24) is 10.2 Å². The van der Waals surface area contributed by atoms with Crippen LogP contribution in [-0.4, -0.2) is 65.4 Å². The van der Waals surface area contributed by atoms with Gasteiger partial charge in [0.25, 0.3) is 0 Å². The Kier molecular flexibility index (Phi) is 6.41. The van der Waals surface area contributed by atoms with Gasteiger partial charge in [0, 0.05) is 19.5 Å². The van der Waals surface area contributed by atoms with Gasteiger partial charge in [-0.1, -0.05) is 6.92 Å². The number of hydrogen-bond acceptors (Lipinski definition) is 5. The summed E-state index contributed by atoms with van der Waals surface area (Å²) in [5.41, 5.74) is 0. The standard InChI is InChI=1S/C13H22N2O6/c1-8-7-15(6-5-10(8)16)13(20)14-9(12(18)19)3-4-11(17)21-2/h8-10,16H,3-7H2,1-2H3,(H,14,20)(H,18,19)/t8?,9-,10?/m1/s1. The topological polar surface area (TPSA) is 116 Å². The maximum atomic E-state index is 12.0. The van der Waals surface area contributed by atoms with Crippen molar-refractivity contribution >= 4 is 18.0 Å². The van der Waals surface area contributed by atoms with Crippen LogP contribution in [0, 0.1) is 5.92 Å². The zero-order valence-electron chi connectivity index (χ0n) is 12.2. The Morgan fingerprint density at radius 3 is 2.62 bits per heavy atom. The van der Waals surface area contributed by atoms with Crippen LogP contribution < -0.4 is 5.32 Å². The molecule has 120 valence electrons. The number of hydrogen-bond donors (Lipinski definition) is 3. The molecule has 0 bridgehead atoms. The highest BCUT2D eigenvalue weighted by molar-refractivity contribution is 5.83. The number of carbonyl (C=O) groups is 3. The van der Waals surface area contributed by atoms with Crippen molar-refractivity contribution in [3.63, 3.8) is 0 Å².